The van der Waals surface area contributed by atoms with Crippen LogP contribution in [0.25, 0.3) is 0 Å². The first-order chi connectivity index (χ1) is 15.2. The van der Waals surface area contributed by atoms with Crippen molar-refractivity contribution in [1.82, 2.24) is 20.1 Å². The third kappa shape index (κ3) is 4.35. The molecule has 172 valence electrons. The predicted molar refractivity (Wildman–Crippen MR) is 112 cm³/mol. The largest absolute Gasteiger partial charge is 0.434 e. The van der Waals surface area contributed by atoms with Gasteiger partial charge in [0.15, 0.2) is 5.82 Å². The average molecular weight is 449 g/mol. The van der Waals surface area contributed by atoms with Crippen LogP contribution >= 0.6 is 0 Å². The van der Waals surface area contributed by atoms with Crippen molar-refractivity contribution in [2.24, 2.45) is 11.3 Å². The van der Waals surface area contributed by atoms with Gasteiger partial charge < -0.3 is 14.5 Å². The molecule has 1 amide bonds. The highest BCUT2D eigenvalue weighted by Crippen LogP contribution is 2.53. The summed E-state index contributed by atoms with van der Waals surface area (Å²) in [6, 6.07) is 2.89. The Morgan fingerprint density at radius 1 is 1.31 bits per heavy atom. The summed E-state index contributed by atoms with van der Waals surface area (Å²) in [5, 5.41) is 7.80. The number of ether oxygens (including phenoxy) is 1. The zero-order valence-corrected chi connectivity index (χ0v) is 18.3. The number of aromatic nitrogens is 3. The molecule has 2 fully saturated rings. The van der Waals surface area contributed by atoms with Crippen molar-refractivity contribution < 1.29 is 22.7 Å². The highest BCUT2D eigenvalue weighted by Gasteiger charge is 2.51. The second kappa shape index (κ2) is 8.55. The molecule has 0 radical (unpaired) electrons. The third-order valence-electron chi connectivity index (χ3n) is 6.08. The number of halogens is 3. The molecule has 7 nitrogen and oxygen atoms in total. The monoisotopic (exact) mass is 449 g/mol. The van der Waals surface area contributed by atoms with Gasteiger partial charge in [-0.05, 0) is 50.8 Å². The molecular weight excluding hydrogens is 423 g/mol. The summed E-state index contributed by atoms with van der Waals surface area (Å²) >= 11 is 0. The van der Waals surface area contributed by atoms with Gasteiger partial charge in [0.1, 0.15) is 17.9 Å². The molecule has 1 spiro atoms. The van der Waals surface area contributed by atoms with Crippen LogP contribution in [-0.4, -0.2) is 58.1 Å². The molecule has 10 heteroatoms. The zero-order chi connectivity index (χ0) is 23.0. The van der Waals surface area contributed by atoms with Gasteiger partial charge in [0.25, 0.3) is 18.2 Å². The summed E-state index contributed by atoms with van der Waals surface area (Å²) in [7, 11) is 0. The quantitative estimate of drug-likeness (QED) is 0.632. The molecule has 2 heterocycles. The molecule has 0 atom stereocenters. The van der Waals surface area contributed by atoms with Gasteiger partial charge in [-0.25, -0.2) is 18.2 Å². The number of benzene rings is 1. The van der Waals surface area contributed by atoms with Crippen molar-refractivity contribution in [3.63, 3.8) is 0 Å². The van der Waals surface area contributed by atoms with Crippen molar-refractivity contribution in [2.75, 3.05) is 24.5 Å². The number of amides is 1. The molecule has 1 saturated heterocycles. The summed E-state index contributed by atoms with van der Waals surface area (Å²) < 4.78 is 45.9. The number of carbonyl (C=O) groups is 1. The number of hydrogen-bond donors (Lipinski definition) is 0. The van der Waals surface area contributed by atoms with Gasteiger partial charge in [0.2, 0.25) is 0 Å². The van der Waals surface area contributed by atoms with Gasteiger partial charge in [-0.2, -0.15) is 0 Å². The fraction of sp³-hybridized carbons (Fsp3) is 0.545. The maximum absolute atomic E-state index is 14.0. The summed E-state index contributed by atoms with van der Waals surface area (Å²) in [4.78, 5) is 20.3. The molecule has 0 unspecified atom stereocenters. The zero-order valence-electron chi connectivity index (χ0n) is 18.3. The molecule has 2 aliphatic rings. The fourth-order valence-electron chi connectivity index (χ4n) is 4.83. The Morgan fingerprint density at radius 3 is 2.66 bits per heavy atom. The van der Waals surface area contributed by atoms with Gasteiger partial charge in [0.05, 0.1) is 12.1 Å². The van der Waals surface area contributed by atoms with Crippen LogP contribution < -0.4 is 9.64 Å². The molecular formula is C22H26F3N5O2. The molecule has 1 aromatic carbocycles. The van der Waals surface area contributed by atoms with Crippen LogP contribution in [0.5, 0.6) is 11.6 Å². The van der Waals surface area contributed by atoms with Crippen molar-refractivity contribution in [3.05, 3.63) is 35.9 Å². The minimum absolute atomic E-state index is 0.00682. The number of nitrogens with zero attached hydrogens (tertiary/aromatic N) is 5. The summed E-state index contributed by atoms with van der Waals surface area (Å²) in [6.07, 6.45) is 0.938. The maximum atomic E-state index is 14.0. The lowest BCUT2D eigenvalue weighted by molar-refractivity contribution is 0.0328. The van der Waals surface area contributed by atoms with Crippen molar-refractivity contribution in [2.45, 2.75) is 46.1 Å². The van der Waals surface area contributed by atoms with Gasteiger partial charge in [-0.1, -0.05) is 6.92 Å². The van der Waals surface area contributed by atoms with E-state index in [-0.39, 0.29) is 17.2 Å². The van der Waals surface area contributed by atoms with Gasteiger partial charge >= 0.3 is 0 Å². The van der Waals surface area contributed by atoms with Crippen LogP contribution in [0.15, 0.2) is 24.5 Å². The predicted octanol–water partition coefficient (Wildman–Crippen LogP) is 4.16. The van der Waals surface area contributed by atoms with Crippen molar-refractivity contribution >= 4 is 11.7 Å². The Hall–Kier alpha value is -2.91. The number of carbonyl (C=O) groups excluding carboxylic acids is 1. The van der Waals surface area contributed by atoms with E-state index in [0.29, 0.717) is 11.2 Å². The molecule has 32 heavy (non-hydrogen) atoms. The SMILES string of the molecule is CC1CC2(C1)CN(c1ncnnc1Oc1ccc(F)cc1C(=O)N(CC(F)F)C(C)C)C2. The van der Waals surface area contributed by atoms with Gasteiger partial charge in [-0.15, -0.1) is 10.2 Å². The lowest BCUT2D eigenvalue weighted by Crippen LogP contribution is -2.62. The van der Waals surface area contributed by atoms with E-state index in [1.165, 1.54) is 25.2 Å². The van der Waals surface area contributed by atoms with E-state index >= 15 is 0 Å². The van der Waals surface area contributed by atoms with E-state index in [2.05, 4.69) is 22.1 Å². The highest BCUT2D eigenvalue weighted by atomic mass is 19.3. The minimum atomic E-state index is -2.72. The molecule has 0 bridgehead atoms. The number of hydrogen-bond acceptors (Lipinski definition) is 6. The Morgan fingerprint density at radius 2 is 2.03 bits per heavy atom. The van der Waals surface area contributed by atoms with Crippen LogP contribution in [0.1, 0.15) is 44.0 Å². The summed E-state index contributed by atoms with van der Waals surface area (Å²) in [6.45, 7) is 6.36. The summed E-state index contributed by atoms with van der Waals surface area (Å²) in [5.74, 6) is -0.127. The van der Waals surface area contributed by atoms with Crippen LogP contribution in [0.3, 0.4) is 0 Å². The fourth-order valence-corrected chi connectivity index (χ4v) is 4.83. The smallest absolute Gasteiger partial charge is 0.282 e. The number of alkyl halides is 2. The molecule has 0 N–H and O–H groups in total. The molecule has 1 aliphatic carbocycles. The van der Waals surface area contributed by atoms with Crippen LogP contribution in [0, 0.1) is 17.2 Å². The Bertz CT molecular complexity index is 989. The number of anilines is 1. The average Bonchev–Trinajstić information content (AvgIpc) is 2.69. The van der Waals surface area contributed by atoms with Crippen LogP contribution in [-0.2, 0) is 0 Å². The molecule has 1 aromatic heterocycles. The molecule has 4 rings (SSSR count). The summed E-state index contributed by atoms with van der Waals surface area (Å²) in [5.41, 5.74) is 0.148. The second-order valence-corrected chi connectivity index (χ2v) is 9.14. The third-order valence-corrected chi connectivity index (χ3v) is 6.08. The number of rotatable bonds is 7. The molecule has 1 aliphatic heterocycles. The Kier molecular flexibility index (Phi) is 5.96. The first-order valence-electron chi connectivity index (χ1n) is 10.7. The highest BCUT2D eigenvalue weighted by molar-refractivity contribution is 5.97. The van der Waals surface area contributed by atoms with Gasteiger partial charge in [-0.3, -0.25) is 4.79 Å². The van der Waals surface area contributed by atoms with Crippen molar-refractivity contribution in [1.29, 1.82) is 0 Å². The first-order valence-corrected chi connectivity index (χ1v) is 10.7. The first kappa shape index (κ1) is 22.3. The maximum Gasteiger partial charge on any atom is 0.282 e. The lowest BCUT2D eigenvalue weighted by Gasteiger charge is -2.58. The van der Waals surface area contributed by atoms with Crippen molar-refractivity contribution in [3.8, 4) is 11.6 Å². The molecule has 2 aromatic rings. The van der Waals surface area contributed by atoms with E-state index in [4.69, 9.17) is 4.74 Å². The minimum Gasteiger partial charge on any atom is -0.434 e. The van der Waals surface area contributed by atoms with E-state index in [9.17, 15) is 18.0 Å². The topological polar surface area (TPSA) is 71.5 Å². The van der Waals surface area contributed by atoms with E-state index in [1.807, 2.05) is 4.90 Å². The normalized spacial score (nSPS) is 17.4. The van der Waals surface area contributed by atoms with E-state index < -0.39 is 30.7 Å². The van der Waals surface area contributed by atoms with Crippen LogP contribution in [0.4, 0.5) is 19.0 Å². The van der Waals surface area contributed by atoms with E-state index in [1.54, 1.807) is 13.8 Å². The standard InChI is InChI=1S/C22H26F3N5O2/c1-13(2)30(9-18(24)25)21(31)16-6-15(23)4-5-17(16)32-20-19(26-12-27-28-20)29-10-22(11-29)7-14(3)8-22/h4-6,12-14,18H,7-11H2,1-3H3. The lowest BCUT2D eigenvalue weighted by atomic mass is 9.58. The Balaban J connectivity index is 1.59. The second-order valence-electron chi connectivity index (χ2n) is 9.14. The van der Waals surface area contributed by atoms with Gasteiger partial charge in [0, 0.05) is 24.5 Å². The van der Waals surface area contributed by atoms with E-state index in [0.717, 1.165) is 36.0 Å². The van der Waals surface area contributed by atoms with Crippen LogP contribution in [0.2, 0.25) is 0 Å². The molecule has 1 saturated carbocycles. The Labute approximate surface area is 184 Å².